The highest BCUT2D eigenvalue weighted by molar-refractivity contribution is 5.43. The molecule has 0 aliphatic carbocycles. The summed E-state index contributed by atoms with van der Waals surface area (Å²) >= 11 is 0. The Bertz CT molecular complexity index is 716. The summed E-state index contributed by atoms with van der Waals surface area (Å²) in [4.78, 5) is 14.3. The van der Waals surface area contributed by atoms with Crippen LogP contribution in [0.4, 0.5) is 5.69 Å². The van der Waals surface area contributed by atoms with Crippen LogP contribution in [0.3, 0.4) is 0 Å². The lowest BCUT2D eigenvalue weighted by molar-refractivity contribution is -0.386. The minimum atomic E-state index is -0.532. The molecule has 1 atom stereocenters. The average molecular weight is 360 g/mol. The molecule has 1 saturated heterocycles. The third-order valence-corrected chi connectivity index (χ3v) is 3.78. The standard InChI is InChI=1S/C18H20N2O6/c21-20(22)16-4-3-10-19-18(16)26-15-8-6-14(7-9-15)23-12-13-25-17-5-1-2-11-24-17/h3-4,6-10,17H,1-2,5,11-13H2. The Balaban J connectivity index is 1.47. The third-order valence-electron chi connectivity index (χ3n) is 3.78. The molecule has 0 spiro atoms. The van der Waals surface area contributed by atoms with Gasteiger partial charge >= 0.3 is 5.69 Å². The maximum Gasteiger partial charge on any atom is 0.331 e. The fraction of sp³-hybridized carbons (Fsp3) is 0.389. The van der Waals surface area contributed by atoms with Crippen LogP contribution >= 0.6 is 0 Å². The van der Waals surface area contributed by atoms with E-state index < -0.39 is 4.92 Å². The van der Waals surface area contributed by atoms with Gasteiger partial charge in [-0.15, -0.1) is 0 Å². The van der Waals surface area contributed by atoms with Crippen molar-refractivity contribution in [3.05, 3.63) is 52.7 Å². The van der Waals surface area contributed by atoms with Gasteiger partial charge in [-0.3, -0.25) is 10.1 Å². The molecule has 8 nitrogen and oxygen atoms in total. The Kier molecular flexibility index (Phi) is 6.34. The molecule has 1 aromatic carbocycles. The molecule has 2 heterocycles. The van der Waals surface area contributed by atoms with Crippen LogP contribution in [0.5, 0.6) is 17.4 Å². The predicted molar refractivity (Wildman–Crippen MR) is 92.4 cm³/mol. The van der Waals surface area contributed by atoms with Crippen LogP contribution in [0, 0.1) is 10.1 Å². The lowest BCUT2D eigenvalue weighted by Gasteiger charge is -2.22. The Morgan fingerprint density at radius 3 is 2.69 bits per heavy atom. The SMILES string of the molecule is O=[N+]([O-])c1cccnc1Oc1ccc(OCCOC2CCCCO2)cc1. The van der Waals surface area contributed by atoms with Crippen LogP contribution in [0.25, 0.3) is 0 Å². The highest BCUT2D eigenvalue weighted by Gasteiger charge is 2.16. The fourth-order valence-electron chi connectivity index (χ4n) is 2.50. The fourth-order valence-corrected chi connectivity index (χ4v) is 2.50. The predicted octanol–water partition coefficient (Wildman–Crippen LogP) is 3.70. The van der Waals surface area contributed by atoms with Gasteiger partial charge in [0.1, 0.15) is 18.1 Å². The summed E-state index contributed by atoms with van der Waals surface area (Å²) in [7, 11) is 0. The van der Waals surface area contributed by atoms with Gasteiger partial charge in [0.15, 0.2) is 6.29 Å². The van der Waals surface area contributed by atoms with E-state index in [9.17, 15) is 10.1 Å². The van der Waals surface area contributed by atoms with E-state index in [-0.39, 0.29) is 17.9 Å². The molecule has 8 heteroatoms. The van der Waals surface area contributed by atoms with E-state index >= 15 is 0 Å². The van der Waals surface area contributed by atoms with Crippen molar-refractivity contribution in [1.82, 2.24) is 4.98 Å². The number of benzene rings is 1. The first kappa shape index (κ1) is 18.1. The number of hydrogen-bond acceptors (Lipinski definition) is 7. The third kappa shape index (κ3) is 5.14. The quantitative estimate of drug-likeness (QED) is 0.402. The van der Waals surface area contributed by atoms with E-state index in [2.05, 4.69) is 4.98 Å². The largest absolute Gasteiger partial charge is 0.491 e. The first-order valence-electron chi connectivity index (χ1n) is 8.46. The van der Waals surface area contributed by atoms with E-state index in [1.807, 2.05) is 0 Å². The summed E-state index contributed by atoms with van der Waals surface area (Å²) in [5, 5.41) is 11.0. The molecule has 2 aromatic rings. The molecule has 3 rings (SSSR count). The number of aromatic nitrogens is 1. The van der Waals surface area contributed by atoms with Gasteiger partial charge in [0.2, 0.25) is 0 Å². The molecular formula is C18H20N2O6. The van der Waals surface area contributed by atoms with Gasteiger partial charge in [-0.05, 0) is 49.6 Å². The van der Waals surface area contributed by atoms with Crippen molar-refractivity contribution >= 4 is 5.69 Å². The molecule has 1 aliphatic rings. The molecule has 0 bridgehead atoms. The molecule has 138 valence electrons. The zero-order valence-corrected chi connectivity index (χ0v) is 14.2. The summed E-state index contributed by atoms with van der Waals surface area (Å²) in [6.45, 7) is 1.61. The number of nitrogens with zero attached hydrogens (tertiary/aromatic N) is 2. The normalized spacial score (nSPS) is 16.8. The monoisotopic (exact) mass is 360 g/mol. The number of ether oxygens (including phenoxy) is 4. The molecule has 0 saturated carbocycles. The first-order valence-corrected chi connectivity index (χ1v) is 8.46. The van der Waals surface area contributed by atoms with Crippen molar-refractivity contribution in [3.63, 3.8) is 0 Å². The molecule has 1 aromatic heterocycles. The lowest BCUT2D eigenvalue weighted by atomic mass is 10.2. The van der Waals surface area contributed by atoms with Crippen molar-refractivity contribution in [3.8, 4) is 17.4 Å². The van der Waals surface area contributed by atoms with Gasteiger partial charge in [0, 0.05) is 18.9 Å². The number of rotatable bonds is 8. The van der Waals surface area contributed by atoms with Gasteiger partial charge in [-0.25, -0.2) is 4.98 Å². The van der Waals surface area contributed by atoms with Crippen molar-refractivity contribution in [2.45, 2.75) is 25.6 Å². The Morgan fingerprint density at radius 2 is 1.96 bits per heavy atom. The van der Waals surface area contributed by atoms with Crippen LogP contribution in [0.1, 0.15) is 19.3 Å². The maximum atomic E-state index is 11.0. The number of hydrogen-bond donors (Lipinski definition) is 0. The molecule has 0 N–H and O–H groups in total. The smallest absolute Gasteiger partial charge is 0.331 e. The minimum Gasteiger partial charge on any atom is -0.491 e. The highest BCUT2D eigenvalue weighted by Crippen LogP contribution is 2.29. The second-order valence-corrected chi connectivity index (χ2v) is 5.67. The molecule has 1 aliphatic heterocycles. The van der Waals surface area contributed by atoms with Gasteiger partial charge in [0.05, 0.1) is 11.5 Å². The van der Waals surface area contributed by atoms with Gasteiger partial charge in [-0.1, -0.05) is 0 Å². The van der Waals surface area contributed by atoms with E-state index in [1.54, 1.807) is 24.3 Å². The van der Waals surface area contributed by atoms with Gasteiger partial charge in [0.25, 0.3) is 5.88 Å². The maximum absolute atomic E-state index is 11.0. The molecule has 1 fully saturated rings. The molecule has 0 radical (unpaired) electrons. The van der Waals surface area contributed by atoms with Crippen molar-refractivity contribution < 1.29 is 23.9 Å². The molecule has 1 unspecified atom stereocenters. The second-order valence-electron chi connectivity index (χ2n) is 5.67. The zero-order valence-electron chi connectivity index (χ0n) is 14.2. The van der Waals surface area contributed by atoms with Crippen molar-refractivity contribution in [2.75, 3.05) is 19.8 Å². The van der Waals surface area contributed by atoms with Crippen molar-refractivity contribution in [1.29, 1.82) is 0 Å². The molecule has 0 amide bonds. The Hall–Kier alpha value is -2.71. The van der Waals surface area contributed by atoms with Crippen LogP contribution in [0.2, 0.25) is 0 Å². The average Bonchev–Trinajstić information content (AvgIpc) is 2.67. The minimum absolute atomic E-state index is 0.0490. The zero-order chi connectivity index (χ0) is 18.2. The van der Waals surface area contributed by atoms with Crippen LogP contribution in [-0.2, 0) is 9.47 Å². The highest BCUT2D eigenvalue weighted by atomic mass is 16.7. The van der Waals surface area contributed by atoms with Gasteiger partial charge < -0.3 is 18.9 Å². The van der Waals surface area contributed by atoms with Gasteiger partial charge in [-0.2, -0.15) is 0 Å². The first-order chi connectivity index (χ1) is 12.7. The summed E-state index contributed by atoms with van der Waals surface area (Å²) < 4.78 is 22.2. The van der Waals surface area contributed by atoms with E-state index in [1.165, 1.54) is 18.3 Å². The van der Waals surface area contributed by atoms with Crippen LogP contribution < -0.4 is 9.47 Å². The molecular weight excluding hydrogens is 340 g/mol. The van der Waals surface area contributed by atoms with E-state index in [0.717, 1.165) is 25.9 Å². The summed E-state index contributed by atoms with van der Waals surface area (Å²) in [6, 6.07) is 9.61. The lowest BCUT2D eigenvalue weighted by Crippen LogP contribution is -2.24. The summed E-state index contributed by atoms with van der Waals surface area (Å²) in [5.41, 5.74) is -0.185. The van der Waals surface area contributed by atoms with E-state index in [4.69, 9.17) is 18.9 Å². The Morgan fingerprint density at radius 1 is 1.15 bits per heavy atom. The van der Waals surface area contributed by atoms with Crippen LogP contribution in [-0.4, -0.2) is 36.0 Å². The number of nitro groups is 1. The molecule has 26 heavy (non-hydrogen) atoms. The van der Waals surface area contributed by atoms with Crippen molar-refractivity contribution in [2.24, 2.45) is 0 Å². The topological polar surface area (TPSA) is 93.0 Å². The summed E-state index contributed by atoms with van der Waals surface area (Å²) in [5.74, 6) is 1.04. The van der Waals surface area contributed by atoms with Crippen LogP contribution in [0.15, 0.2) is 42.6 Å². The summed E-state index contributed by atoms with van der Waals surface area (Å²) in [6.07, 6.45) is 4.45. The van der Waals surface area contributed by atoms with E-state index in [0.29, 0.717) is 24.7 Å². The second kappa shape index (κ2) is 9.12. The Labute approximate surface area is 150 Å². The number of pyridine rings is 1.